The molecule has 0 amide bonds. The molecule has 2 aromatic carbocycles. The summed E-state index contributed by atoms with van der Waals surface area (Å²) >= 11 is 0. The predicted octanol–water partition coefficient (Wildman–Crippen LogP) is 5.54. The molecule has 0 saturated heterocycles. The highest BCUT2D eigenvalue weighted by Gasteiger charge is 2.07. The molecule has 0 atom stereocenters. The van der Waals surface area contributed by atoms with Crippen LogP contribution in [0.25, 0.3) is 21.8 Å². The van der Waals surface area contributed by atoms with Gasteiger partial charge in [0, 0.05) is 46.7 Å². The van der Waals surface area contributed by atoms with Crippen LogP contribution in [0.5, 0.6) is 5.75 Å². The second-order valence-electron chi connectivity index (χ2n) is 7.78. The number of nitrogens with one attached hydrogen (secondary N) is 4. The first-order valence-electron chi connectivity index (χ1n) is 10.8. The molecule has 0 spiro atoms. The van der Waals surface area contributed by atoms with E-state index in [1.165, 1.54) is 16.3 Å². The molecule has 0 aliphatic rings. The zero-order valence-electron chi connectivity index (χ0n) is 18.2. The molecule has 3 heterocycles. The summed E-state index contributed by atoms with van der Waals surface area (Å²) in [5, 5.41) is 9.08. The summed E-state index contributed by atoms with van der Waals surface area (Å²) in [7, 11) is 0. The molecule has 0 saturated carbocycles. The number of hydrogen-bond donors (Lipinski definition) is 4. The van der Waals surface area contributed by atoms with Gasteiger partial charge in [-0.2, -0.15) is 4.98 Å². The van der Waals surface area contributed by atoms with Gasteiger partial charge in [0.25, 0.3) is 0 Å². The molecule has 3 aromatic heterocycles. The molecule has 0 bridgehead atoms. The van der Waals surface area contributed by atoms with Crippen molar-refractivity contribution in [3.8, 4) is 5.75 Å². The molecule has 0 aliphatic carbocycles. The van der Waals surface area contributed by atoms with Crippen molar-refractivity contribution in [1.29, 1.82) is 0 Å². The average Bonchev–Trinajstić information content (AvgIpc) is 3.36. The smallest absolute Gasteiger partial charge is 0.224 e. The summed E-state index contributed by atoms with van der Waals surface area (Å²) in [6.45, 7) is 5.44. The highest BCUT2D eigenvalue weighted by atomic mass is 16.5. The number of aryl methyl sites for hydroxylation is 1. The SMILES string of the molecule is CCOc1ccc2[nH]cc(CCNc3nccc(Nc4ccc5cc(C)[nH]c5c4)n3)c2c1. The molecule has 0 radical (unpaired) electrons. The predicted molar refractivity (Wildman–Crippen MR) is 130 cm³/mol. The molecule has 7 nitrogen and oxygen atoms in total. The van der Waals surface area contributed by atoms with Crippen molar-refractivity contribution >= 4 is 39.3 Å². The third-order valence-corrected chi connectivity index (χ3v) is 5.41. The standard InChI is InChI=1S/C25H26N6O/c1-3-32-20-6-7-22-21(14-20)18(15-28-22)8-10-26-25-27-11-9-24(31-25)30-19-5-4-17-12-16(2)29-23(17)13-19/h4-7,9,11-15,28-29H,3,8,10H2,1-2H3,(H2,26,27,30,31). The van der Waals surface area contributed by atoms with Crippen molar-refractivity contribution in [3.05, 3.63) is 72.2 Å². The Bertz CT molecular complexity index is 1370. The Labute approximate surface area is 186 Å². The van der Waals surface area contributed by atoms with E-state index < -0.39 is 0 Å². The number of H-pyrrole nitrogens is 2. The van der Waals surface area contributed by atoms with E-state index in [1.54, 1.807) is 6.20 Å². The number of benzene rings is 2. The van der Waals surface area contributed by atoms with Crippen LogP contribution in [0.15, 0.2) is 60.9 Å². The van der Waals surface area contributed by atoms with E-state index in [1.807, 2.05) is 19.1 Å². The van der Waals surface area contributed by atoms with Crippen LogP contribution in [-0.2, 0) is 6.42 Å². The van der Waals surface area contributed by atoms with Crippen molar-refractivity contribution < 1.29 is 4.74 Å². The zero-order chi connectivity index (χ0) is 21.9. The van der Waals surface area contributed by atoms with E-state index in [0.717, 1.165) is 46.9 Å². The lowest BCUT2D eigenvalue weighted by Crippen LogP contribution is -2.08. The number of hydrogen-bond acceptors (Lipinski definition) is 5. The first kappa shape index (κ1) is 19.9. The number of fused-ring (bicyclic) bond motifs is 2. The molecule has 4 N–H and O–H groups in total. The maximum atomic E-state index is 5.64. The molecule has 162 valence electrons. The van der Waals surface area contributed by atoms with Crippen molar-refractivity contribution in [2.24, 2.45) is 0 Å². The molecule has 0 aliphatic heterocycles. The molecule has 5 aromatic rings. The third-order valence-electron chi connectivity index (χ3n) is 5.41. The Kier molecular flexibility index (Phi) is 5.37. The average molecular weight is 427 g/mol. The van der Waals surface area contributed by atoms with Gasteiger partial charge in [-0.15, -0.1) is 0 Å². The van der Waals surface area contributed by atoms with Gasteiger partial charge in [-0.1, -0.05) is 6.07 Å². The van der Waals surface area contributed by atoms with Crippen LogP contribution >= 0.6 is 0 Å². The molecule has 0 fully saturated rings. The number of rotatable bonds is 8. The zero-order valence-corrected chi connectivity index (χ0v) is 18.2. The number of anilines is 3. The fraction of sp³-hybridized carbons (Fsp3) is 0.200. The fourth-order valence-electron chi connectivity index (χ4n) is 3.94. The molecule has 5 rings (SSSR count). The van der Waals surface area contributed by atoms with Gasteiger partial charge in [-0.25, -0.2) is 4.98 Å². The van der Waals surface area contributed by atoms with Crippen LogP contribution in [0.1, 0.15) is 18.2 Å². The Hall–Kier alpha value is -4.00. The summed E-state index contributed by atoms with van der Waals surface area (Å²) in [6.07, 6.45) is 4.66. The first-order valence-corrected chi connectivity index (χ1v) is 10.8. The summed E-state index contributed by atoms with van der Waals surface area (Å²) in [5.41, 5.74) is 5.58. The van der Waals surface area contributed by atoms with Gasteiger partial charge in [-0.3, -0.25) is 0 Å². The van der Waals surface area contributed by atoms with E-state index in [4.69, 9.17) is 4.74 Å². The van der Waals surface area contributed by atoms with Crippen molar-refractivity contribution in [2.75, 3.05) is 23.8 Å². The fourth-order valence-corrected chi connectivity index (χ4v) is 3.94. The number of aromatic amines is 2. The lowest BCUT2D eigenvalue weighted by molar-refractivity contribution is 0.340. The van der Waals surface area contributed by atoms with Gasteiger partial charge in [0.2, 0.25) is 5.95 Å². The second kappa shape index (κ2) is 8.63. The van der Waals surface area contributed by atoms with Crippen LogP contribution in [0, 0.1) is 6.92 Å². The van der Waals surface area contributed by atoms with Gasteiger partial charge in [-0.05, 0) is 73.7 Å². The van der Waals surface area contributed by atoms with Crippen LogP contribution in [0.4, 0.5) is 17.5 Å². The van der Waals surface area contributed by atoms with Crippen LogP contribution in [0.3, 0.4) is 0 Å². The Balaban J connectivity index is 1.24. The molecular formula is C25H26N6O. The maximum Gasteiger partial charge on any atom is 0.224 e. The van der Waals surface area contributed by atoms with Crippen LogP contribution in [0.2, 0.25) is 0 Å². The van der Waals surface area contributed by atoms with Gasteiger partial charge in [0.15, 0.2) is 0 Å². The van der Waals surface area contributed by atoms with E-state index in [9.17, 15) is 0 Å². The van der Waals surface area contributed by atoms with E-state index >= 15 is 0 Å². The number of nitrogens with zero attached hydrogens (tertiary/aromatic N) is 2. The summed E-state index contributed by atoms with van der Waals surface area (Å²) in [4.78, 5) is 15.7. The summed E-state index contributed by atoms with van der Waals surface area (Å²) in [5.74, 6) is 2.24. The monoisotopic (exact) mass is 426 g/mol. The lowest BCUT2D eigenvalue weighted by atomic mass is 10.1. The minimum absolute atomic E-state index is 0.599. The largest absolute Gasteiger partial charge is 0.494 e. The highest BCUT2D eigenvalue weighted by molar-refractivity contribution is 5.85. The summed E-state index contributed by atoms with van der Waals surface area (Å²) in [6, 6.07) is 16.4. The highest BCUT2D eigenvalue weighted by Crippen LogP contribution is 2.25. The Morgan fingerprint density at radius 2 is 1.97 bits per heavy atom. The molecule has 7 heteroatoms. The summed E-state index contributed by atoms with van der Waals surface area (Å²) < 4.78 is 5.64. The minimum atomic E-state index is 0.599. The third kappa shape index (κ3) is 4.23. The molecular weight excluding hydrogens is 400 g/mol. The van der Waals surface area contributed by atoms with E-state index in [0.29, 0.717) is 12.6 Å². The Morgan fingerprint density at radius 3 is 2.88 bits per heavy atom. The Morgan fingerprint density at radius 1 is 1.03 bits per heavy atom. The van der Waals surface area contributed by atoms with Crippen molar-refractivity contribution in [3.63, 3.8) is 0 Å². The van der Waals surface area contributed by atoms with Crippen LogP contribution in [-0.4, -0.2) is 33.1 Å². The lowest BCUT2D eigenvalue weighted by Gasteiger charge is -2.09. The van der Waals surface area contributed by atoms with Gasteiger partial charge >= 0.3 is 0 Å². The minimum Gasteiger partial charge on any atom is -0.494 e. The topological polar surface area (TPSA) is 90.6 Å². The van der Waals surface area contributed by atoms with Crippen molar-refractivity contribution in [1.82, 2.24) is 19.9 Å². The number of ether oxygens (including phenoxy) is 1. The van der Waals surface area contributed by atoms with Gasteiger partial charge in [0.05, 0.1) is 6.61 Å². The molecule has 0 unspecified atom stereocenters. The van der Waals surface area contributed by atoms with E-state index in [2.05, 4.69) is 80.1 Å². The van der Waals surface area contributed by atoms with Crippen LogP contribution < -0.4 is 15.4 Å². The first-order chi connectivity index (χ1) is 15.7. The molecule has 32 heavy (non-hydrogen) atoms. The maximum absolute atomic E-state index is 5.64. The number of aromatic nitrogens is 4. The van der Waals surface area contributed by atoms with Crippen molar-refractivity contribution in [2.45, 2.75) is 20.3 Å². The normalized spacial score (nSPS) is 11.2. The van der Waals surface area contributed by atoms with Gasteiger partial charge < -0.3 is 25.3 Å². The van der Waals surface area contributed by atoms with E-state index in [-0.39, 0.29) is 0 Å². The quantitative estimate of drug-likeness (QED) is 0.261. The second-order valence-corrected chi connectivity index (χ2v) is 7.78. The van der Waals surface area contributed by atoms with Gasteiger partial charge in [0.1, 0.15) is 11.6 Å².